The van der Waals surface area contributed by atoms with Crippen molar-refractivity contribution in [2.45, 2.75) is 0 Å². The summed E-state index contributed by atoms with van der Waals surface area (Å²) in [5.74, 6) is 0. The van der Waals surface area contributed by atoms with E-state index in [9.17, 15) is 0 Å². The molecular weight excluding hydrogens is 1100 g/mol. The number of hydrogen-bond acceptors (Lipinski definition) is 8. The Morgan fingerprint density at radius 2 is 0.356 bits per heavy atom. The molecule has 0 aliphatic heterocycles. The molecule has 8 nitrogen and oxygen atoms in total. The third-order valence-electron chi connectivity index (χ3n) is 17.0. The van der Waals surface area contributed by atoms with E-state index in [2.05, 4.69) is 82.3 Å². The van der Waals surface area contributed by atoms with Crippen molar-refractivity contribution in [2.24, 2.45) is 0 Å². The van der Waals surface area contributed by atoms with Crippen LogP contribution >= 0.6 is 0 Å². The van der Waals surface area contributed by atoms with Gasteiger partial charge in [0, 0.05) is 146 Å². The van der Waals surface area contributed by atoms with E-state index in [1.165, 1.54) is 37.7 Å². The molecule has 0 atom stereocenters. The molecule has 424 valence electrons. The van der Waals surface area contributed by atoms with E-state index in [0.717, 1.165) is 124 Å². The van der Waals surface area contributed by atoms with E-state index in [1.54, 1.807) is 24.8 Å². The third kappa shape index (κ3) is 9.35. The van der Waals surface area contributed by atoms with Crippen LogP contribution in [0, 0.1) is 0 Å². The Bertz CT molecular complexity index is 5400. The van der Waals surface area contributed by atoms with Gasteiger partial charge in [-0.15, -0.1) is 0 Å². The Kier molecular flexibility index (Phi) is 11.9. The molecule has 0 saturated carbocycles. The third-order valence-corrected chi connectivity index (χ3v) is 17.0. The lowest BCUT2D eigenvalue weighted by molar-refractivity contribution is 1.35. The minimum Gasteiger partial charge on any atom is -0.264 e. The number of nitrogens with zero attached hydrogens (tertiary/aromatic N) is 8. The standard InChI is InChI=1S/2C17H11N.3C16H10N2.2H2/c2*1-2-7-14-12(6-1)13-8-3-4-9-15(13)17-16(14)10-5-11-18-17;1-2-5-12-11(4-1)13-6-3-8-18-16(13)14-7-9-17-10-15(12)14;1-2-4-12-11(3-1)13-5-7-17-10-16(13)14-6-8-18-9-15(12)14;1-2-4-12-11(3-1)13-5-7-17-9-15(13)16-10-18-8-6-14(12)16;;/h2*1-11H;3*1-10H;2*1H/i4*2D;1D;2*1+1D. The highest BCUT2D eigenvalue weighted by Gasteiger charge is 2.13. The Morgan fingerprint density at radius 1 is 0.178 bits per heavy atom. The zero-order valence-electron chi connectivity index (χ0n) is 57.2. The fraction of sp³-hybridized carbons (Fsp3) is 0. The number of pyridine rings is 8. The van der Waals surface area contributed by atoms with Gasteiger partial charge in [-0.1, -0.05) is 188 Å². The van der Waals surface area contributed by atoms with Crippen LogP contribution in [0.15, 0.2) is 317 Å². The van der Waals surface area contributed by atoms with Crippen molar-refractivity contribution in [1.29, 1.82) is 0 Å². The van der Waals surface area contributed by atoms with E-state index in [4.69, 9.17) is 12.8 Å². The molecule has 20 rings (SSSR count). The van der Waals surface area contributed by atoms with Crippen molar-refractivity contribution in [3.05, 3.63) is 317 Å². The number of hydrogen-bond donors (Lipinski definition) is 0. The molecule has 0 spiro atoms. The number of rotatable bonds is 0. The van der Waals surface area contributed by atoms with Crippen LogP contribution in [-0.4, -0.2) is 39.9 Å². The summed E-state index contributed by atoms with van der Waals surface area (Å²) in [6.07, 6.45) is 23.8. The molecule has 8 aromatic heterocycles. The van der Waals surface area contributed by atoms with Crippen LogP contribution in [0.1, 0.15) is 12.8 Å². The molecule has 0 aliphatic rings. The summed E-state index contributed by atoms with van der Waals surface area (Å²) in [7, 11) is 0. The molecule has 0 saturated heterocycles. The molecule has 0 unspecified atom stereocenters. The summed E-state index contributed by atoms with van der Waals surface area (Å²) in [6, 6.07) is 70.2. The highest BCUT2D eigenvalue weighted by molar-refractivity contribution is 6.28. The van der Waals surface area contributed by atoms with Crippen molar-refractivity contribution in [3.8, 4) is 0 Å². The van der Waals surface area contributed by atoms with Gasteiger partial charge in [-0.2, -0.15) is 0 Å². The average Bonchev–Trinajstić information content (AvgIpc) is 0.790. The first-order valence-corrected chi connectivity index (χ1v) is 29.5. The van der Waals surface area contributed by atoms with Crippen molar-refractivity contribution in [2.75, 3.05) is 0 Å². The Labute approximate surface area is 529 Å². The van der Waals surface area contributed by atoms with Gasteiger partial charge in [0.05, 0.1) is 23.4 Å². The SMILES string of the molecule is [2H][2H].[2H][2H].[2H]c1ccc2c(c1)c1cnccc1c1ncccc21.[2H]c1ccc2c3ccccc3c3ncccc3c2c1.[2H]c1ccc2c3ccccc3c3ncccc3c2c1.[2H]c1ccc2c3ccncc3c3ccncc3c2c1.[2H]c1ccc2c3ccncc3c3cnccc3c2c1. The second-order valence-electron chi connectivity index (χ2n) is 21.8. The first-order valence-electron chi connectivity index (χ1n) is 34.0. The van der Waals surface area contributed by atoms with Crippen molar-refractivity contribution >= 4 is 162 Å². The predicted molar refractivity (Wildman–Crippen MR) is 381 cm³/mol. The molecule has 90 heavy (non-hydrogen) atoms. The topological polar surface area (TPSA) is 103 Å². The van der Waals surface area contributed by atoms with Crippen molar-refractivity contribution in [3.63, 3.8) is 0 Å². The molecule has 12 aromatic carbocycles. The van der Waals surface area contributed by atoms with Gasteiger partial charge in [0.2, 0.25) is 0 Å². The van der Waals surface area contributed by atoms with Gasteiger partial charge in [-0.3, -0.25) is 39.9 Å². The van der Waals surface area contributed by atoms with Crippen LogP contribution < -0.4 is 0 Å². The van der Waals surface area contributed by atoms with Crippen molar-refractivity contribution < 1.29 is 12.8 Å². The summed E-state index contributed by atoms with van der Waals surface area (Å²) in [4.78, 5) is 34.7. The van der Waals surface area contributed by atoms with E-state index in [-0.39, 0.29) is 0 Å². The van der Waals surface area contributed by atoms with Crippen LogP contribution in [0.3, 0.4) is 0 Å². The summed E-state index contributed by atoms with van der Waals surface area (Å²) in [5, 5.41) is 30.5. The van der Waals surface area contributed by atoms with Crippen LogP contribution in [0.4, 0.5) is 0 Å². The molecule has 8 heteroatoms. The van der Waals surface area contributed by atoms with Gasteiger partial charge in [0.25, 0.3) is 0 Å². The fourth-order valence-electron chi connectivity index (χ4n) is 13.0. The maximum absolute atomic E-state index is 7.84. The van der Waals surface area contributed by atoms with Gasteiger partial charge < -0.3 is 0 Å². The molecule has 0 aliphatic carbocycles. The quantitative estimate of drug-likeness (QED) is 0.138. The normalized spacial score (nSPS) is 12.3. The molecule has 0 fully saturated rings. The predicted octanol–water partition coefficient (Wildman–Crippen LogP) is 21.4. The Morgan fingerprint density at radius 3 is 0.678 bits per heavy atom. The minimum atomic E-state index is 0.515. The van der Waals surface area contributed by atoms with E-state index >= 15 is 0 Å². The van der Waals surface area contributed by atoms with E-state index < -0.39 is 0 Å². The summed E-state index contributed by atoms with van der Waals surface area (Å²) < 4.78 is 59.2. The van der Waals surface area contributed by atoms with Crippen LogP contribution in [0.2, 0.25) is 0 Å². The molecule has 0 radical (unpaired) electrons. The van der Waals surface area contributed by atoms with Crippen molar-refractivity contribution in [1.82, 2.24) is 39.9 Å². The second kappa shape index (κ2) is 23.2. The number of benzene rings is 12. The maximum Gasteiger partial charge on any atom is 0.0787 e. The average molecular weight is 1160 g/mol. The lowest BCUT2D eigenvalue weighted by Gasteiger charge is -2.08. The molecule has 20 aromatic rings. The minimum absolute atomic E-state index is 0.515. The molecule has 0 bridgehead atoms. The van der Waals surface area contributed by atoms with Gasteiger partial charge in [0.1, 0.15) is 0 Å². The van der Waals surface area contributed by atoms with E-state index in [0.29, 0.717) is 30.2 Å². The highest BCUT2D eigenvalue weighted by atomic mass is 14.7. The Hall–Kier alpha value is -12.3. The largest absolute Gasteiger partial charge is 0.264 e. The highest BCUT2D eigenvalue weighted by Crippen LogP contribution is 2.38. The summed E-state index contributed by atoms with van der Waals surface area (Å²) in [6.45, 7) is 0. The zero-order valence-corrected chi connectivity index (χ0v) is 48.2. The van der Waals surface area contributed by atoms with Crippen LogP contribution in [0.5, 0.6) is 0 Å². The first-order chi connectivity index (χ1) is 48.7. The molecule has 0 N–H and O–H groups in total. The van der Waals surface area contributed by atoms with Gasteiger partial charge >= 0.3 is 0 Å². The molecular formula is C82H56N8. The first kappa shape index (κ1) is 46.0. The smallest absolute Gasteiger partial charge is 0.0787 e. The van der Waals surface area contributed by atoms with Gasteiger partial charge in [0.15, 0.2) is 0 Å². The lowest BCUT2D eigenvalue weighted by atomic mass is 9.97. The molecule has 8 heterocycles. The van der Waals surface area contributed by atoms with Gasteiger partial charge in [-0.25, -0.2) is 0 Å². The zero-order chi connectivity index (χ0) is 68.1. The number of fused-ring (bicyclic) bond motifs is 30. The van der Waals surface area contributed by atoms with Gasteiger partial charge in [-0.05, 0) is 135 Å². The Balaban J connectivity index is 0.000000104. The maximum atomic E-state index is 7.84. The summed E-state index contributed by atoms with van der Waals surface area (Å²) >= 11 is 0. The summed E-state index contributed by atoms with van der Waals surface area (Å²) in [5.41, 5.74) is 3.01. The molecule has 0 amide bonds. The lowest BCUT2D eigenvalue weighted by Crippen LogP contribution is -1.85. The van der Waals surface area contributed by atoms with Crippen LogP contribution in [-0.2, 0) is 0 Å². The van der Waals surface area contributed by atoms with E-state index in [1.807, 2.05) is 220 Å². The van der Waals surface area contributed by atoms with Crippen LogP contribution in [0.25, 0.3) is 162 Å². The fourth-order valence-corrected chi connectivity index (χ4v) is 13.0. The monoisotopic (exact) mass is 1160 g/mol. The second-order valence-corrected chi connectivity index (χ2v) is 21.8. The number of aromatic nitrogens is 8.